The molecule has 5 N–H and O–H groups in total. The van der Waals surface area contributed by atoms with Crippen LogP contribution in [0.5, 0.6) is 17.5 Å². The van der Waals surface area contributed by atoms with Crippen molar-refractivity contribution in [2.45, 2.75) is 109 Å². The van der Waals surface area contributed by atoms with Crippen LogP contribution < -0.4 is 30.3 Å². The number of thiazole rings is 1. The number of phenolic OH excluding ortho intramolecular Hbond substituents is 1. The molecule has 0 aliphatic carbocycles. The van der Waals surface area contributed by atoms with Crippen molar-refractivity contribution in [2.75, 3.05) is 87.7 Å². The first-order valence-corrected chi connectivity index (χ1v) is 28.6. The summed E-state index contributed by atoms with van der Waals surface area (Å²) in [5.74, 6) is 0.474. The highest BCUT2D eigenvalue weighted by molar-refractivity contribution is 7.13. The Hall–Kier alpha value is -6.87. The van der Waals surface area contributed by atoms with Crippen molar-refractivity contribution >= 4 is 40.3 Å². The van der Waals surface area contributed by atoms with E-state index >= 15 is 0 Å². The largest absolute Gasteiger partial charge is 0.507 e. The van der Waals surface area contributed by atoms with Gasteiger partial charge in [-0.3, -0.25) is 9.59 Å². The van der Waals surface area contributed by atoms with Gasteiger partial charge in [0.2, 0.25) is 17.7 Å². The molecule has 4 saturated heterocycles. The van der Waals surface area contributed by atoms with Crippen LogP contribution >= 0.6 is 11.3 Å². The number of aliphatic hydroxyl groups is 1. The molecule has 0 radical (unpaired) electrons. The molecule has 4 fully saturated rings. The molecule has 20 heteroatoms. The van der Waals surface area contributed by atoms with Gasteiger partial charge in [-0.2, -0.15) is 0 Å². The first-order valence-electron chi connectivity index (χ1n) is 27.7. The molecule has 0 saturated carbocycles. The number of benzene rings is 2. The molecule has 19 nitrogen and oxygen atoms in total. The number of piperazine rings is 2. The lowest BCUT2D eigenvalue weighted by molar-refractivity contribution is -0.141. The molecule has 10 rings (SSSR count). The summed E-state index contributed by atoms with van der Waals surface area (Å²) in [6.45, 7) is 16.7. The van der Waals surface area contributed by atoms with Crippen LogP contribution in [0.25, 0.3) is 21.7 Å². The molecule has 2 aromatic carbocycles. The van der Waals surface area contributed by atoms with Crippen molar-refractivity contribution in [1.29, 1.82) is 0 Å². The second-order valence-corrected chi connectivity index (χ2v) is 22.5. The molecular weight excluding hydrogens is 1010 g/mol. The van der Waals surface area contributed by atoms with Crippen molar-refractivity contribution in [3.63, 3.8) is 0 Å². The van der Waals surface area contributed by atoms with Gasteiger partial charge in [0.05, 0.1) is 52.8 Å². The number of carbonyl (C=O) groups is 2. The predicted molar refractivity (Wildman–Crippen MR) is 301 cm³/mol. The maximum absolute atomic E-state index is 14.2. The fourth-order valence-corrected chi connectivity index (χ4v) is 12.5. The molecular formula is C58H74N12O7S. The summed E-state index contributed by atoms with van der Waals surface area (Å²) in [6.07, 6.45) is 7.21. The van der Waals surface area contributed by atoms with Gasteiger partial charge in [0, 0.05) is 93.9 Å². The minimum Gasteiger partial charge on any atom is -0.507 e. The lowest BCUT2D eigenvalue weighted by atomic mass is 9.91. The van der Waals surface area contributed by atoms with Crippen LogP contribution in [-0.2, 0) is 9.59 Å². The van der Waals surface area contributed by atoms with Gasteiger partial charge >= 0.3 is 0 Å². The van der Waals surface area contributed by atoms with Crippen molar-refractivity contribution < 1.29 is 33.8 Å². The van der Waals surface area contributed by atoms with E-state index in [1.165, 1.54) is 4.90 Å². The standard InChI is InChI=1S/C58H74N12O7S/c1-37(2)54(58(74)69-35-45(71)30-49(69)57(73)62-38(3)40-13-15-41(16-14-40)55-39(4)61-36-78-55)51-32-53(65-77-51)76-28-10-8-22-67-25-23-66(24-26-67)21-7-9-27-75-52-29-42(19-20-60-52)70-43-17-18-44(70)34-68(33-43)48-31-47(63-64-56(48)59)46-11-5-6-12-50(46)72/h5-6,11-16,19-20,29,31-32,36-38,43-45,49,54,71-72H,7-10,17-18,21-28,30,33-35H2,1-4H3,(H2,59,64)(H,62,73)/t38?,43?,44?,45-,49+,54-/m1/s1. The van der Waals surface area contributed by atoms with Crippen molar-refractivity contribution in [3.8, 4) is 39.2 Å². The second-order valence-electron chi connectivity index (χ2n) is 21.7. The number of phenols is 1. The number of nitrogens with one attached hydrogen (secondary N) is 1. The highest BCUT2D eigenvalue weighted by Gasteiger charge is 2.44. The van der Waals surface area contributed by atoms with Crippen LogP contribution in [0.1, 0.15) is 94.7 Å². The number of rotatable bonds is 22. The van der Waals surface area contributed by atoms with Gasteiger partial charge in [-0.05, 0) is 112 Å². The molecule has 2 bridgehead atoms. The van der Waals surface area contributed by atoms with Gasteiger partial charge in [-0.15, -0.1) is 21.5 Å². The Labute approximate surface area is 460 Å². The molecule has 78 heavy (non-hydrogen) atoms. The molecule has 3 unspecified atom stereocenters. The number of hydrogen-bond donors (Lipinski definition) is 4. The van der Waals surface area contributed by atoms with Gasteiger partial charge in [-0.25, -0.2) is 9.97 Å². The van der Waals surface area contributed by atoms with Crippen LogP contribution in [0.3, 0.4) is 0 Å². The highest BCUT2D eigenvalue weighted by atomic mass is 32.1. The molecule has 4 aliphatic rings. The Morgan fingerprint density at radius 2 is 1.54 bits per heavy atom. The summed E-state index contributed by atoms with van der Waals surface area (Å²) in [4.78, 5) is 49.3. The molecule has 4 aliphatic heterocycles. The minimum absolute atomic E-state index is 0.0630. The summed E-state index contributed by atoms with van der Waals surface area (Å²) < 4.78 is 17.9. The zero-order valence-corrected chi connectivity index (χ0v) is 46.1. The van der Waals surface area contributed by atoms with Crippen molar-refractivity contribution in [2.24, 2.45) is 5.92 Å². The number of unbranched alkanes of at least 4 members (excludes halogenated alkanes) is 2. The van der Waals surface area contributed by atoms with Gasteiger partial charge in [-0.1, -0.05) is 50.2 Å². The topological polar surface area (TPSA) is 225 Å². The normalized spacial score (nSPS) is 20.6. The van der Waals surface area contributed by atoms with Crippen LogP contribution in [-0.4, -0.2) is 158 Å². The third kappa shape index (κ3) is 12.7. The fraction of sp³-hybridized carbons (Fsp3) is 0.500. The van der Waals surface area contributed by atoms with Gasteiger partial charge in [0.15, 0.2) is 11.6 Å². The number of fused-ring (bicyclic) bond motifs is 2. The summed E-state index contributed by atoms with van der Waals surface area (Å²) in [5.41, 5.74) is 14.4. The maximum Gasteiger partial charge on any atom is 0.254 e. The average Bonchev–Trinajstić information content (AvgIpc) is 4.25. The molecule has 4 aromatic heterocycles. The third-order valence-corrected chi connectivity index (χ3v) is 16.9. The predicted octanol–water partition coefficient (Wildman–Crippen LogP) is 7.32. The number of likely N-dealkylation sites (tertiary alicyclic amines) is 1. The summed E-state index contributed by atoms with van der Waals surface area (Å²) in [5, 5.41) is 36.9. The SMILES string of the molecule is Cc1ncsc1-c1ccc(C(C)NC(=O)[C@@H]2C[C@@H](O)CN2C(=O)[C@@H](c2cc(OCCCCN3CCN(CCCCOc4cc(N5C6CCC5CN(c5cc(-c7ccccc7O)nnc5N)C6)ccn4)CC3)no2)C(C)C)cc1. The summed E-state index contributed by atoms with van der Waals surface area (Å²) in [7, 11) is 0. The number of β-amino-alcohol motifs (C(OH)–C–C–N with tert-alkyl or cyclic N) is 1. The van der Waals surface area contributed by atoms with Crippen LogP contribution in [0.15, 0.2) is 89.0 Å². The second kappa shape index (κ2) is 24.9. The van der Waals surface area contributed by atoms with Gasteiger partial charge < -0.3 is 59.8 Å². The number of nitrogens with two attached hydrogens (primary N) is 1. The molecule has 8 heterocycles. The number of hydrogen-bond acceptors (Lipinski definition) is 18. The number of aliphatic hydroxyl groups excluding tert-OH is 1. The van der Waals surface area contributed by atoms with E-state index in [1.54, 1.807) is 29.5 Å². The zero-order chi connectivity index (χ0) is 54.3. The number of aryl methyl sites for hydroxylation is 1. The lowest BCUT2D eigenvalue weighted by Crippen LogP contribution is -2.54. The van der Waals surface area contributed by atoms with Crippen molar-refractivity contribution in [1.82, 2.24) is 45.3 Å². The maximum atomic E-state index is 14.2. The number of pyridine rings is 1. The van der Waals surface area contributed by atoms with Crippen LogP contribution in [0, 0.1) is 12.8 Å². The Morgan fingerprint density at radius 1 is 0.846 bits per heavy atom. The molecule has 0 spiro atoms. The van der Waals surface area contributed by atoms with E-state index in [0.717, 1.165) is 124 Å². The number of para-hydroxylation sites is 1. The van der Waals surface area contributed by atoms with Crippen molar-refractivity contribution in [3.05, 3.63) is 102 Å². The Kier molecular flexibility index (Phi) is 17.4. The quantitative estimate of drug-likeness (QED) is 0.0489. The average molecular weight is 1080 g/mol. The van der Waals surface area contributed by atoms with E-state index in [4.69, 9.17) is 19.7 Å². The number of amides is 2. The molecule has 2 amide bonds. The first kappa shape index (κ1) is 54.5. The number of aromatic nitrogens is 5. The lowest BCUT2D eigenvalue weighted by Gasteiger charge is -2.43. The number of carbonyl (C=O) groups excluding carboxylic acids is 2. The Morgan fingerprint density at radius 3 is 2.21 bits per heavy atom. The van der Waals surface area contributed by atoms with E-state index in [2.05, 4.69) is 62.4 Å². The first-order chi connectivity index (χ1) is 37.9. The Bertz CT molecular complexity index is 2950. The fourth-order valence-electron chi connectivity index (χ4n) is 11.7. The van der Waals surface area contributed by atoms with Crippen LogP contribution in [0.4, 0.5) is 17.2 Å². The van der Waals surface area contributed by atoms with E-state index < -0.39 is 18.1 Å². The zero-order valence-electron chi connectivity index (χ0n) is 45.2. The monoisotopic (exact) mass is 1080 g/mol. The van der Waals surface area contributed by atoms with E-state index in [-0.39, 0.29) is 42.5 Å². The van der Waals surface area contributed by atoms with E-state index in [9.17, 15) is 19.8 Å². The highest BCUT2D eigenvalue weighted by Crippen LogP contribution is 2.40. The number of ether oxygens (including phenoxy) is 2. The Balaban J connectivity index is 0.606. The van der Waals surface area contributed by atoms with Gasteiger partial charge in [0.25, 0.3) is 5.88 Å². The number of anilines is 3. The number of nitrogen functional groups attached to an aromatic ring is 1. The summed E-state index contributed by atoms with van der Waals surface area (Å²) in [6, 6.07) is 22.5. The third-order valence-electron chi connectivity index (χ3n) is 15.9. The molecule has 414 valence electrons. The number of nitrogens with zero attached hydrogens (tertiary/aromatic N) is 10. The van der Waals surface area contributed by atoms with E-state index in [1.807, 2.05) is 81.9 Å². The van der Waals surface area contributed by atoms with E-state index in [0.29, 0.717) is 59.9 Å². The van der Waals surface area contributed by atoms with Gasteiger partial charge in [0.1, 0.15) is 17.7 Å². The summed E-state index contributed by atoms with van der Waals surface area (Å²) >= 11 is 1.59. The molecule has 6 aromatic rings. The van der Waals surface area contributed by atoms with Crippen LogP contribution in [0.2, 0.25) is 0 Å². The smallest absolute Gasteiger partial charge is 0.254 e. The minimum atomic E-state index is -0.818. The number of aromatic hydroxyl groups is 1. The molecule has 6 atom stereocenters.